The normalized spacial score (nSPS) is 10.2. The molecule has 2 aromatic rings. The third-order valence-corrected chi connectivity index (χ3v) is 3.61. The number of thiophene rings is 1. The smallest absolute Gasteiger partial charge is 0.0702 e. The number of halogens is 1. The molecule has 4 heteroatoms. The van der Waals surface area contributed by atoms with E-state index in [1.165, 1.54) is 4.88 Å². The van der Waals surface area contributed by atoms with E-state index in [1.807, 2.05) is 24.3 Å². The van der Waals surface area contributed by atoms with Gasteiger partial charge in [0.15, 0.2) is 0 Å². The molecule has 0 fully saturated rings. The highest BCUT2D eigenvalue weighted by molar-refractivity contribution is 9.11. The maximum absolute atomic E-state index is 5.69. The van der Waals surface area contributed by atoms with Crippen molar-refractivity contribution in [2.24, 2.45) is 0 Å². The number of rotatable bonds is 3. The Morgan fingerprint density at radius 1 is 1.27 bits per heavy atom. The van der Waals surface area contributed by atoms with Crippen LogP contribution in [0.2, 0.25) is 0 Å². The molecule has 1 aromatic heterocycles. The first-order valence-electron chi connectivity index (χ1n) is 4.58. The fourth-order valence-corrected chi connectivity index (χ4v) is 2.71. The van der Waals surface area contributed by atoms with Crippen molar-refractivity contribution in [1.82, 2.24) is 0 Å². The van der Waals surface area contributed by atoms with Crippen LogP contribution in [0.3, 0.4) is 0 Å². The van der Waals surface area contributed by atoms with Crippen molar-refractivity contribution in [1.29, 1.82) is 0 Å². The average Bonchev–Trinajstić information content (AvgIpc) is 2.62. The highest BCUT2D eigenvalue weighted by Gasteiger charge is 1.97. The lowest BCUT2D eigenvalue weighted by Crippen LogP contribution is -1.97. The van der Waals surface area contributed by atoms with E-state index in [-0.39, 0.29) is 0 Å². The predicted molar refractivity (Wildman–Crippen MR) is 70.2 cm³/mol. The lowest BCUT2D eigenvalue weighted by atomic mass is 10.3. The van der Waals surface area contributed by atoms with Crippen molar-refractivity contribution >= 4 is 38.6 Å². The molecule has 2 rings (SSSR count). The van der Waals surface area contributed by atoms with Crippen molar-refractivity contribution in [2.75, 3.05) is 11.1 Å². The van der Waals surface area contributed by atoms with Crippen LogP contribution in [0.25, 0.3) is 0 Å². The molecule has 0 amide bonds. The second-order valence-corrected chi connectivity index (χ2v) is 5.73. The number of hydrogen-bond acceptors (Lipinski definition) is 3. The van der Waals surface area contributed by atoms with Crippen molar-refractivity contribution in [3.05, 3.63) is 45.1 Å². The summed E-state index contributed by atoms with van der Waals surface area (Å²) in [6, 6.07) is 11.9. The minimum absolute atomic E-state index is 0.785. The Morgan fingerprint density at radius 3 is 2.80 bits per heavy atom. The standard InChI is InChI=1S/C11H11BrN2S/c12-11-5-4-10(15-11)7-14-9-3-1-2-8(13)6-9/h1-6,14H,7,13H2. The summed E-state index contributed by atoms with van der Waals surface area (Å²) in [5.74, 6) is 0. The zero-order valence-electron chi connectivity index (χ0n) is 8.03. The number of nitrogens with two attached hydrogens (primary N) is 1. The van der Waals surface area contributed by atoms with E-state index in [1.54, 1.807) is 11.3 Å². The Bertz CT molecular complexity index is 453. The molecule has 0 spiro atoms. The fraction of sp³-hybridized carbons (Fsp3) is 0.0909. The zero-order chi connectivity index (χ0) is 10.7. The molecular formula is C11H11BrN2S. The lowest BCUT2D eigenvalue weighted by Gasteiger charge is -2.04. The van der Waals surface area contributed by atoms with E-state index in [4.69, 9.17) is 5.73 Å². The van der Waals surface area contributed by atoms with Crippen molar-refractivity contribution in [2.45, 2.75) is 6.54 Å². The third kappa shape index (κ3) is 2.97. The van der Waals surface area contributed by atoms with Crippen molar-refractivity contribution in [3.8, 4) is 0 Å². The number of nitrogens with one attached hydrogen (secondary N) is 1. The maximum atomic E-state index is 5.69. The van der Waals surface area contributed by atoms with Crippen LogP contribution in [0, 0.1) is 0 Å². The average molecular weight is 283 g/mol. The highest BCUT2D eigenvalue weighted by atomic mass is 79.9. The van der Waals surface area contributed by atoms with Gasteiger partial charge in [-0.05, 0) is 46.3 Å². The summed E-state index contributed by atoms with van der Waals surface area (Å²) in [5.41, 5.74) is 7.53. The van der Waals surface area contributed by atoms with Gasteiger partial charge in [0.2, 0.25) is 0 Å². The Hall–Kier alpha value is -1.000. The molecular weight excluding hydrogens is 272 g/mol. The van der Waals surface area contributed by atoms with E-state index >= 15 is 0 Å². The first kappa shape index (κ1) is 10.5. The van der Waals surface area contributed by atoms with E-state index in [2.05, 4.69) is 33.4 Å². The summed E-state index contributed by atoms with van der Waals surface area (Å²) in [4.78, 5) is 1.30. The third-order valence-electron chi connectivity index (χ3n) is 1.98. The Morgan fingerprint density at radius 2 is 2.13 bits per heavy atom. The highest BCUT2D eigenvalue weighted by Crippen LogP contribution is 2.23. The molecule has 15 heavy (non-hydrogen) atoms. The van der Waals surface area contributed by atoms with Gasteiger partial charge in [-0.15, -0.1) is 11.3 Å². The quantitative estimate of drug-likeness (QED) is 0.843. The molecule has 0 aliphatic heterocycles. The van der Waals surface area contributed by atoms with E-state index < -0.39 is 0 Å². The largest absolute Gasteiger partial charge is 0.399 e. The molecule has 0 aliphatic rings. The van der Waals surface area contributed by atoms with Crippen LogP contribution in [0.4, 0.5) is 11.4 Å². The van der Waals surface area contributed by atoms with Crippen LogP contribution in [0.5, 0.6) is 0 Å². The van der Waals surface area contributed by atoms with Gasteiger partial charge >= 0.3 is 0 Å². The van der Waals surface area contributed by atoms with Gasteiger partial charge in [-0.2, -0.15) is 0 Å². The zero-order valence-corrected chi connectivity index (χ0v) is 10.4. The number of hydrogen-bond donors (Lipinski definition) is 2. The molecule has 0 aliphatic carbocycles. The van der Waals surface area contributed by atoms with Gasteiger partial charge < -0.3 is 11.1 Å². The van der Waals surface area contributed by atoms with Gasteiger partial charge in [-0.1, -0.05) is 6.07 Å². The Kier molecular flexibility index (Phi) is 3.28. The number of benzene rings is 1. The SMILES string of the molecule is Nc1cccc(NCc2ccc(Br)s2)c1. The van der Waals surface area contributed by atoms with Gasteiger partial charge in [0.25, 0.3) is 0 Å². The molecule has 3 N–H and O–H groups in total. The molecule has 78 valence electrons. The van der Waals surface area contributed by atoms with Gasteiger partial charge in [0.1, 0.15) is 0 Å². The van der Waals surface area contributed by atoms with Gasteiger partial charge in [0, 0.05) is 22.8 Å². The Balaban J connectivity index is 1.99. The molecule has 0 atom stereocenters. The second-order valence-electron chi connectivity index (χ2n) is 3.18. The van der Waals surface area contributed by atoms with Crippen LogP contribution < -0.4 is 11.1 Å². The molecule has 0 saturated heterocycles. The summed E-state index contributed by atoms with van der Waals surface area (Å²) in [7, 11) is 0. The van der Waals surface area contributed by atoms with Crippen molar-refractivity contribution < 1.29 is 0 Å². The van der Waals surface area contributed by atoms with E-state index in [0.29, 0.717) is 0 Å². The number of anilines is 2. The monoisotopic (exact) mass is 282 g/mol. The summed E-state index contributed by atoms with van der Waals surface area (Å²) in [5, 5.41) is 3.32. The first-order chi connectivity index (χ1) is 7.24. The van der Waals surface area contributed by atoms with E-state index in [0.717, 1.165) is 21.7 Å². The fourth-order valence-electron chi connectivity index (χ4n) is 1.28. The first-order valence-corrected chi connectivity index (χ1v) is 6.18. The van der Waals surface area contributed by atoms with Gasteiger partial charge in [-0.3, -0.25) is 0 Å². The van der Waals surface area contributed by atoms with Crippen LogP contribution >= 0.6 is 27.3 Å². The second kappa shape index (κ2) is 4.68. The minimum atomic E-state index is 0.785. The molecule has 0 unspecified atom stereocenters. The molecule has 0 bridgehead atoms. The maximum Gasteiger partial charge on any atom is 0.0702 e. The van der Waals surface area contributed by atoms with Gasteiger partial charge in [0.05, 0.1) is 3.79 Å². The predicted octanol–water partition coefficient (Wildman–Crippen LogP) is 3.70. The summed E-state index contributed by atoms with van der Waals surface area (Å²) in [6.45, 7) is 0.833. The van der Waals surface area contributed by atoms with Crippen molar-refractivity contribution in [3.63, 3.8) is 0 Å². The molecule has 0 saturated carbocycles. The number of nitrogen functional groups attached to an aromatic ring is 1. The van der Waals surface area contributed by atoms with Crippen LogP contribution in [0.1, 0.15) is 4.88 Å². The molecule has 1 heterocycles. The summed E-state index contributed by atoms with van der Waals surface area (Å²) >= 11 is 5.17. The minimum Gasteiger partial charge on any atom is -0.399 e. The molecule has 0 radical (unpaired) electrons. The topological polar surface area (TPSA) is 38.0 Å². The summed E-state index contributed by atoms with van der Waals surface area (Å²) < 4.78 is 1.16. The van der Waals surface area contributed by atoms with Crippen LogP contribution in [0.15, 0.2) is 40.2 Å². The Labute approximate surface area is 101 Å². The van der Waals surface area contributed by atoms with Gasteiger partial charge in [-0.25, -0.2) is 0 Å². The lowest BCUT2D eigenvalue weighted by molar-refractivity contribution is 1.19. The van der Waals surface area contributed by atoms with E-state index in [9.17, 15) is 0 Å². The van der Waals surface area contributed by atoms with Crippen LogP contribution in [-0.4, -0.2) is 0 Å². The molecule has 1 aromatic carbocycles. The van der Waals surface area contributed by atoms with Crippen LogP contribution in [-0.2, 0) is 6.54 Å². The summed E-state index contributed by atoms with van der Waals surface area (Å²) in [6.07, 6.45) is 0. The molecule has 2 nitrogen and oxygen atoms in total.